The van der Waals surface area contributed by atoms with E-state index in [0.717, 1.165) is 11.3 Å². The zero-order valence-corrected chi connectivity index (χ0v) is 18.1. The molecule has 0 spiro atoms. The van der Waals surface area contributed by atoms with Crippen LogP contribution in [0.2, 0.25) is 0 Å². The van der Waals surface area contributed by atoms with Gasteiger partial charge < -0.3 is 18.6 Å². The van der Waals surface area contributed by atoms with Crippen LogP contribution in [0.1, 0.15) is 27.4 Å². The number of hydrogen-bond donors (Lipinski definition) is 0. The summed E-state index contributed by atoms with van der Waals surface area (Å²) in [4.78, 5) is 25.6. The number of rotatable bonds is 8. The molecule has 0 aliphatic carbocycles. The molecule has 9 heteroatoms. The highest BCUT2D eigenvalue weighted by Crippen LogP contribution is 2.25. The number of hydrogen-bond acceptors (Lipinski definition) is 7. The highest BCUT2D eigenvalue weighted by Gasteiger charge is 2.22. The van der Waals surface area contributed by atoms with Crippen LogP contribution in [0.25, 0.3) is 11.3 Å². The summed E-state index contributed by atoms with van der Waals surface area (Å²) >= 11 is 0. The molecule has 0 aliphatic heterocycles. The molecule has 4 aromatic rings. The van der Waals surface area contributed by atoms with Gasteiger partial charge in [-0.15, -0.1) is 0 Å². The summed E-state index contributed by atoms with van der Waals surface area (Å²) in [6.07, 6.45) is 1.52. The monoisotopic (exact) mass is 447 g/mol. The van der Waals surface area contributed by atoms with Crippen LogP contribution >= 0.6 is 0 Å². The van der Waals surface area contributed by atoms with Crippen molar-refractivity contribution in [1.29, 1.82) is 0 Å². The van der Waals surface area contributed by atoms with Crippen molar-refractivity contribution in [2.45, 2.75) is 20.0 Å². The number of furan rings is 1. The Morgan fingerprint density at radius 1 is 1.12 bits per heavy atom. The fraction of sp³-hybridized carbons (Fsp3) is 0.167. The summed E-state index contributed by atoms with van der Waals surface area (Å²) in [7, 11) is 1.59. The molecule has 0 bridgehead atoms. The molecule has 2 heterocycles. The van der Waals surface area contributed by atoms with E-state index in [2.05, 4.69) is 5.16 Å². The van der Waals surface area contributed by atoms with Gasteiger partial charge in [0.25, 0.3) is 11.6 Å². The first-order valence-electron chi connectivity index (χ1n) is 10.1. The number of carbonyl (C=O) groups excluding carboxylic acids is 1. The Hall–Kier alpha value is -4.40. The van der Waals surface area contributed by atoms with Crippen molar-refractivity contribution in [2.24, 2.45) is 0 Å². The van der Waals surface area contributed by atoms with Crippen molar-refractivity contribution in [2.75, 3.05) is 7.11 Å². The van der Waals surface area contributed by atoms with Gasteiger partial charge in [0, 0.05) is 28.8 Å². The third-order valence-corrected chi connectivity index (χ3v) is 5.15. The first-order chi connectivity index (χ1) is 15.9. The van der Waals surface area contributed by atoms with Gasteiger partial charge in [0.05, 0.1) is 31.4 Å². The van der Waals surface area contributed by atoms with E-state index in [1.165, 1.54) is 17.2 Å². The number of nitrogens with zero attached hydrogens (tertiary/aromatic N) is 3. The molecule has 1 amide bonds. The lowest BCUT2D eigenvalue weighted by molar-refractivity contribution is -0.385. The minimum atomic E-state index is -0.498. The number of benzene rings is 2. The summed E-state index contributed by atoms with van der Waals surface area (Å²) in [5, 5.41) is 15.4. The molecule has 0 saturated carbocycles. The predicted molar refractivity (Wildman–Crippen MR) is 119 cm³/mol. The Kier molecular flexibility index (Phi) is 6.21. The van der Waals surface area contributed by atoms with E-state index in [-0.39, 0.29) is 30.2 Å². The number of nitro groups is 1. The lowest BCUT2D eigenvalue weighted by atomic mass is 10.1. The van der Waals surface area contributed by atoms with Crippen molar-refractivity contribution < 1.29 is 23.4 Å². The van der Waals surface area contributed by atoms with Crippen LogP contribution in [0.15, 0.2) is 75.9 Å². The fourth-order valence-electron chi connectivity index (χ4n) is 3.39. The molecule has 0 aliphatic rings. The first-order valence-corrected chi connectivity index (χ1v) is 10.1. The number of carbonyl (C=O) groups is 1. The van der Waals surface area contributed by atoms with Crippen LogP contribution < -0.4 is 4.74 Å². The molecule has 0 N–H and O–H groups in total. The topological polar surface area (TPSA) is 112 Å². The van der Waals surface area contributed by atoms with Crippen LogP contribution in [0, 0.1) is 17.0 Å². The minimum absolute atomic E-state index is 0.109. The van der Waals surface area contributed by atoms with Crippen LogP contribution in [0.5, 0.6) is 5.75 Å². The number of ether oxygens (including phenoxy) is 1. The zero-order valence-electron chi connectivity index (χ0n) is 18.1. The van der Waals surface area contributed by atoms with Gasteiger partial charge in [-0.25, -0.2) is 0 Å². The summed E-state index contributed by atoms with van der Waals surface area (Å²) in [5.41, 5.74) is 1.92. The van der Waals surface area contributed by atoms with Crippen molar-refractivity contribution >= 4 is 11.6 Å². The number of nitro benzene ring substituents is 1. The Bertz CT molecular complexity index is 1260. The van der Waals surface area contributed by atoms with Crippen LogP contribution in [-0.2, 0) is 13.1 Å². The third kappa shape index (κ3) is 4.93. The fourth-order valence-corrected chi connectivity index (χ4v) is 3.39. The van der Waals surface area contributed by atoms with Gasteiger partial charge in [0.1, 0.15) is 17.2 Å². The molecule has 2 aromatic heterocycles. The van der Waals surface area contributed by atoms with E-state index in [1.54, 1.807) is 44.4 Å². The summed E-state index contributed by atoms with van der Waals surface area (Å²) < 4.78 is 16.0. The molecule has 2 aromatic carbocycles. The second kappa shape index (κ2) is 9.39. The Morgan fingerprint density at radius 2 is 1.91 bits per heavy atom. The van der Waals surface area contributed by atoms with Crippen molar-refractivity contribution in [3.8, 4) is 17.1 Å². The average Bonchev–Trinajstić information content (AvgIpc) is 3.51. The van der Waals surface area contributed by atoms with Gasteiger partial charge in [0.15, 0.2) is 5.76 Å². The molecule has 33 heavy (non-hydrogen) atoms. The predicted octanol–water partition coefficient (Wildman–Crippen LogP) is 5.00. The second-order valence-corrected chi connectivity index (χ2v) is 7.41. The molecule has 9 nitrogen and oxygen atoms in total. The van der Waals surface area contributed by atoms with E-state index in [1.807, 2.05) is 24.3 Å². The molecule has 0 radical (unpaired) electrons. The number of amides is 1. The largest absolute Gasteiger partial charge is 0.497 e. The summed E-state index contributed by atoms with van der Waals surface area (Å²) in [6, 6.07) is 17.0. The maximum atomic E-state index is 13.3. The highest BCUT2D eigenvalue weighted by atomic mass is 16.6. The van der Waals surface area contributed by atoms with Gasteiger partial charge in [-0.3, -0.25) is 14.9 Å². The van der Waals surface area contributed by atoms with E-state index >= 15 is 0 Å². The van der Waals surface area contributed by atoms with Gasteiger partial charge in [-0.2, -0.15) is 0 Å². The second-order valence-electron chi connectivity index (χ2n) is 7.41. The van der Waals surface area contributed by atoms with Gasteiger partial charge in [0.2, 0.25) is 0 Å². The van der Waals surface area contributed by atoms with Crippen LogP contribution in [0.3, 0.4) is 0 Å². The van der Waals surface area contributed by atoms with E-state index < -0.39 is 4.92 Å². The Morgan fingerprint density at radius 3 is 2.58 bits per heavy atom. The van der Waals surface area contributed by atoms with Crippen molar-refractivity contribution in [3.63, 3.8) is 0 Å². The van der Waals surface area contributed by atoms with Crippen LogP contribution in [0.4, 0.5) is 5.69 Å². The molecule has 4 rings (SSSR count). The molecule has 0 saturated heterocycles. The van der Waals surface area contributed by atoms with E-state index in [9.17, 15) is 14.9 Å². The Balaban J connectivity index is 1.60. The smallest absolute Gasteiger partial charge is 0.273 e. The SMILES string of the molecule is COc1ccc(-c2cc(CN(Cc3ccco3)C(=O)c3ccc(C)c([N+](=O)[O-])c3)no2)cc1. The lowest BCUT2D eigenvalue weighted by Crippen LogP contribution is -2.30. The normalized spacial score (nSPS) is 10.7. The van der Waals surface area contributed by atoms with E-state index in [4.69, 9.17) is 13.7 Å². The van der Waals surface area contributed by atoms with Crippen molar-refractivity contribution in [1.82, 2.24) is 10.1 Å². The van der Waals surface area contributed by atoms with Crippen molar-refractivity contribution in [3.05, 3.63) is 99.6 Å². The van der Waals surface area contributed by atoms with Gasteiger partial charge in [-0.05, 0) is 49.4 Å². The zero-order chi connectivity index (χ0) is 23.4. The van der Waals surface area contributed by atoms with Gasteiger partial charge in [-0.1, -0.05) is 11.2 Å². The standard InChI is InChI=1S/C24H21N3O6/c1-16-5-6-18(12-22(16)27(29)30)24(28)26(15-21-4-3-11-32-21)14-19-13-23(33-25-19)17-7-9-20(31-2)10-8-17/h3-13H,14-15H2,1-2H3. The minimum Gasteiger partial charge on any atom is -0.497 e. The quantitative estimate of drug-likeness (QED) is 0.276. The van der Waals surface area contributed by atoms with Gasteiger partial charge >= 0.3 is 0 Å². The molecule has 168 valence electrons. The molecule has 0 atom stereocenters. The first kappa shape index (κ1) is 21.8. The summed E-state index contributed by atoms with van der Waals surface area (Å²) in [6.45, 7) is 1.92. The average molecular weight is 447 g/mol. The maximum Gasteiger partial charge on any atom is 0.273 e. The van der Waals surface area contributed by atoms with E-state index in [0.29, 0.717) is 22.8 Å². The highest BCUT2D eigenvalue weighted by molar-refractivity contribution is 5.95. The number of aromatic nitrogens is 1. The maximum absolute atomic E-state index is 13.3. The molecular formula is C24H21N3O6. The van der Waals surface area contributed by atoms with Crippen LogP contribution in [-0.4, -0.2) is 28.0 Å². The number of aryl methyl sites for hydroxylation is 1. The Labute approximate surface area is 189 Å². The summed E-state index contributed by atoms with van der Waals surface area (Å²) in [5.74, 6) is 1.46. The lowest BCUT2D eigenvalue weighted by Gasteiger charge is -2.20. The third-order valence-electron chi connectivity index (χ3n) is 5.15. The molecule has 0 fully saturated rings. The molecular weight excluding hydrogens is 426 g/mol. The number of methoxy groups -OCH3 is 1. The molecule has 0 unspecified atom stereocenters.